The molecule has 2 rings (SSSR count). The van der Waals surface area contributed by atoms with E-state index in [1.54, 1.807) is 6.07 Å². The van der Waals surface area contributed by atoms with Crippen molar-refractivity contribution in [3.05, 3.63) is 29.6 Å². The number of hydrogen-bond acceptors (Lipinski definition) is 2. The Hall–Kier alpha value is -1.09. The first-order chi connectivity index (χ1) is 8.24. The van der Waals surface area contributed by atoms with Crippen LogP contribution in [0.15, 0.2) is 18.2 Å². The number of anilines is 1. The summed E-state index contributed by atoms with van der Waals surface area (Å²) in [4.78, 5) is 2.33. The number of halogens is 1. The van der Waals surface area contributed by atoms with Crippen LogP contribution in [0, 0.1) is 5.82 Å². The average molecular weight is 236 g/mol. The first kappa shape index (κ1) is 12.4. The van der Waals surface area contributed by atoms with Gasteiger partial charge in [0.2, 0.25) is 0 Å². The van der Waals surface area contributed by atoms with Crippen LogP contribution in [0.25, 0.3) is 0 Å². The summed E-state index contributed by atoms with van der Waals surface area (Å²) in [5.41, 5.74) is 7.40. The van der Waals surface area contributed by atoms with Crippen LogP contribution in [0.3, 0.4) is 0 Å². The van der Waals surface area contributed by atoms with Crippen LogP contribution >= 0.6 is 0 Å². The number of benzene rings is 1. The molecule has 0 spiro atoms. The maximum Gasteiger partial charge on any atom is 0.128 e. The van der Waals surface area contributed by atoms with Gasteiger partial charge in [0.05, 0.1) is 0 Å². The Bertz CT molecular complexity index is 378. The number of rotatable bonds is 3. The number of nitrogens with zero attached hydrogens (tertiary/aromatic N) is 1. The third-order valence-electron chi connectivity index (χ3n) is 3.60. The van der Waals surface area contributed by atoms with Crippen LogP contribution < -0.4 is 10.6 Å². The van der Waals surface area contributed by atoms with Crippen LogP contribution in [-0.4, -0.2) is 19.1 Å². The molecular weight excluding hydrogens is 215 g/mol. The van der Waals surface area contributed by atoms with Gasteiger partial charge in [-0.25, -0.2) is 4.39 Å². The number of piperidine rings is 1. The lowest BCUT2D eigenvalue weighted by molar-refractivity contribution is 0.482. The van der Waals surface area contributed by atoms with Gasteiger partial charge >= 0.3 is 0 Å². The molecule has 0 amide bonds. The van der Waals surface area contributed by atoms with Crippen molar-refractivity contribution in [2.24, 2.45) is 5.73 Å². The van der Waals surface area contributed by atoms with Crippen molar-refractivity contribution in [1.82, 2.24) is 0 Å². The van der Waals surface area contributed by atoms with Crippen LogP contribution in [0.1, 0.15) is 31.7 Å². The van der Waals surface area contributed by atoms with Crippen molar-refractivity contribution in [2.75, 3.05) is 18.0 Å². The van der Waals surface area contributed by atoms with Gasteiger partial charge in [0.15, 0.2) is 0 Å². The molecule has 0 aromatic heterocycles. The van der Waals surface area contributed by atoms with E-state index < -0.39 is 0 Å². The molecule has 1 aromatic rings. The van der Waals surface area contributed by atoms with Gasteiger partial charge in [0, 0.05) is 23.8 Å². The summed E-state index contributed by atoms with van der Waals surface area (Å²) >= 11 is 0. The van der Waals surface area contributed by atoms with Crippen molar-refractivity contribution in [3.63, 3.8) is 0 Å². The minimum absolute atomic E-state index is 0.120. The lowest BCUT2D eigenvalue weighted by atomic mass is 10.00. The van der Waals surface area contributed by atoms with Gasteiger partial charge in [-0.15, -0.1) is 0 Å². The third-order valence-corrected chi connectivity index (χ3v) is 3.60. The minimum Gasteiger partial charge on any atom is -0.369 e. The lowest BCUT2D eigenvalue weighted by Gasteiger charge is -2.36. The van der Waals surface area contributed by atoms with E-state index in [1.807, 2.05) is 6.07 Å². The van der Waals surface area contributed by atoms with E-state index in [9.17, 15) is 4.39 Å². The standard InChI is InChI=1S/C14H21FN2/c1-11-5-2-3-10-17(11)14-7-4-6-13(15)12(14)8-9-16/h4,6-7,11H,2-3,5,8-10,16H2,1H3. The molecule has 1 aliphatic rings. The molecule has 1 aromatic carbocycles. The molecule has 1 unspecified atom stereocenters. The van der Waals surface area contributed by atoms with Crippen molar-refractivity contribution in [1.29, 1.82) is 0 Å². The maximum absolute atomic E-state index is 13.8. The SMILES string of the molecule is CC1CCCCN1c1cccc(F)c1CCN. The van der Waals surface area contributed by atoms with Crippen LogP contribution in [0.5, 0.6) is 0 Å². The predicted octanol–water partition coefficient (Wildman–Crippen LogP) is 2.71. The van der Waals surface area contributed by atoms with E-state index in [2.05, 4.69) is 11.8 Å². The molecule has 0 bridgehead atoms. The Balaban J connectivity index is 2.32. The van der Waals surface area contributed by atoms with Gasteiger partial charge in [-0.2, -0.15) is 0 Å². The van der Waals surface area contributed by atoms with Gasteiger partial charge < -0.3 is 10.6 Å². The summed E-state index contributed by atoms with van der Waals surface area (Å²) in [5, 5.41) is 0. The lowest BCUT2D eigenvalue weighted by Crippen LogP contribution is -2.38. The highest BCUT2D eigenvalue weighted by Crippen LogP contribution is 2.29. The molecule has 2 N–H and O–H groups in total. The van der Waals surface area contributed by atoms with E-state index in [0.717, 1.165) is 17.8 Å². The van der Waals surface area contributed by atoms with Crippen molar-refractivity contribution >= 4 is 5.69 Å². The smallest absolute Gasteiger partial charge is 0.128 e. The monoisotopic (exact) mass is 236 g/mol. The number of hydrogen-bond donors (Lipinski definition) is 1. The van der Waals surface area contributed by atoms with Crippen molar-refractivity contribution in [2.45, 2.75) is 38.6 Å². The summed E-state index contributed by atoms with van der Waals surface area (Å²) in [6, 6.07) is 5.85. The summed E-state index contributed by atoms with van der Waals surface area (Å²) in [6.07, 6.45) is 4.28. The second-order valence-electron chi connectivity index (χ2n) is 4.81. The zero-order valence-electron chi connectivity index (χ0n) is 10.5. The Kier molecular flexibility index (Phi) is 4.00. The average Bonchev–Trinajstić information content (AvgIpc) is 2.33. The summed E-state index contributed by atoms with van der Waals surface area (Å²) in [7, 11) is 0. The normalized spacial score (nSPS) is 20.6. The molecule has 0 radical (unpaired) electrons. The largest absolute Gasteiger partial charge is 0.369 e. The molecule has 1 heterocycles. The fourth-order valence-corrected chi connectivity index (χ4v) is 2.66. The molecule has 94 valence electrons. The van der Waals surface area contributed by atoms with E-state index >= 15 is 0 Å². The Labute approximate surface area is 103 Å². The van der Waals surface area contributed by atoms with Crippen LogP contribution in [0.2, 0.25) is 0 Å². The molecule has 1 saturated heterocycles. The van der Waals surface area contributed by atoms with E-state index in [4.69, 9.17) is 5.73 Å². The van der Waals surface area contributed by atoms with Gasteiger partial charge in [-0.1, -0.05) is 6.07 Å². The topological polar surface area (TPSA) is 29.3 Å². The summed E-state index contributed by atoms with van der Waals surface area (Å²) < 4.78 is 13.8. The fourth-order valence-electron chi connectivity index (χ4n) is 2.66. The van der Waals surface area contributed by atoms with Crippen LogP contribution in [0.4, 0.5) is 10.1 Å². The maximum atomic E-state index is 13.8. The quantitative estimate of drug-likeness (QED) is 0.874. The summed E-state index contributed by atoms with van der Waals surface area (Å²) in [5.74, 6) is -0.120. The fraction of sp³-hybridized carbons (Fsp3) is 0.571. The molecule has 1 atom stereocenters. The van der Waals surface area contributed by atoms with Gasteiger partial charge in [-0.3, -0.25) is 0 Å². The Morgan fingerprint density at radius 1 is 1.41 bits per heavy atom. The molecule has 17 heavy (non-hydrogen) atoms. The van der Waals surface area contributed by atoms with Gasteiger partial charge in [-0.05, 0) is 51.3 Å². The Morgan fingerprint density at radius 2 is 2.24 bits per heavy atom. The van der Waals surface area contributed by atoms with Gasteiger partial charge in [0.25, 0.3) is 0 Å². The van der Waals surface area contributed by atoms with Gasteiger partial charge in [0.1, 0.15) is 5.82 Å². The Morgan fingerprint density at radius 3 is 2.94 bits per heavy atom. The zero-order chi connectivity index (χ0) is 12.3. The van der Waals surface area contributed by atoms with Crippen molar-refractivity contribution in [3.8, 4) is 0 Å². The van der Waals surface area contributed by atoms with E-state index in [-0.39, 0.29) is 5.82 Å². The molecular formula is C14H21FN2. The minimum atomic E-state index is -0.120. The summed E-state index contributed by atoms with van der Waals surface area (Å²) in [6.45, 7) is 3.74. The highest BCUT2D eigenvalue weighted by molar-refractivity contribution is 5.55. The second-order valence-corrected chi connectivity index (χ2v) is 4.81. The van der Waals surface area contributed by atoms with Crippen LogP contribution in [-0.2, 0) is 6.42 Å². The van der Waals surface area contributed by atoms with E-state index in [0.29, 0.717) is 19.0 Å². The molecule has 2 nitrogen and oxygen atoms in total. The molecule has 3 heteroatoms. The molecule has 1 aliphatic heterocycles. The highest BCUT2D eigenvalue weighted by atomic mass is 19.1. The second kappa shape index (κ2) is 5.50. The third kappa shape index (κ3) is 2.60. The van der Waals surface area contributed by atoms with E-state index in [1.165, 1.54) is 25.3 Å². The van der Waals surface area contributed by atoms with Crippen molar-refractivity contribution < 1.29 is 4.39 Å². The highest BCUT2D eigenvalue weighted by Gasteiger charge is 2.21. The molecule has 1 fully saturated rings. The molecule has 0 saturated carbocycles. The first-order valence-corrected chi connectivity index (χ1v) is 6.48. The zero-order valence-corrected chi connectivity index (χ0v) is 10.5. The number of nitrogens with two attached hydrogens (primary N) is 1. The molecule has 0 aliphatic carbocycles. The first-order valence-electron chi connectivity index (χ1n) is 6.48. The predicted molar refractivity (Wildman–Crippen MR) is 69.8 cm³/mol.